The number of hydrogen-bond acceptors (Lipinski definition) is 6. The summed E-state index contributed by atoms with van der Waals surface area (Å²) < 4.78 is 21.1. The quantitative estimate of drug-likeness (QED) is 0.342. The summed E-state index contributed by atoms with van der Waals surface area (Å²) in [5.74, 6) is 0.684. The van der Waals surface area contributed by atoms with Crippen LogP contribution in [0.25, 0.3) is 0 Å². The fourth-order valence-electron chi connectivity index (χ4n) is 2.78. The summed E-state index contributed by atoms with van der Waals surface area (Å²) >= 11 is 0. The minimum Gasteiger partial charge on any atom is -0.496 e. The Hall–Kier alpha value is -3.80. The average Bonchev–Trinajstić information content (AvgIpc) is 2.78. The zero-order valence-electron chi connectivity index (χ0n) is 16.3. The van der Waals surface area contributed by atoms with E-state index >= 15 is 0 Å². The van der Waals surface area contributed by atoms with E-state index in [9.17, 15) is 9.59 Å². The number of ether oxygens (including phenoxy) is 4. The third-order valence-electron chi connectivity index (χ3n) is 4.29. The van der Waals surface area contributed by atoms with E-state index in [0.29, 0.717) is 34.1 Å². The van der Waals surface area contributed by atoms with Crippen LogP contribution in [-0.4, -0.2) is 33.1 Å². The molecule has 3 rings (SSSR count). The maximum Gasteiger partial charge on any atom is 0.347 e. The van der Waals surface area contributed by atoms with Gasteiger partial charge in [0.1, 0.15) is 17.1 Å². The lowest BCUT2D eigenvalue weighted by Crippen LogP contribution is -2.11. The van der Waals surface area contributed by atoms with Crippen LogP contribution in [0.3, 0.4) is 0 Å². The Morgan fingerprint density at radius 1 is 0.655 bits per heavy atom. The SMILES string of the molecule is COc1cc(OC)c(C(=O)Oc2ccc(C(=O)c3ccccc3)cc2)cc1OC. The molecular weight excluding hydrogens is 372 g/mol. The number of ketones is 1. The second-order valence-electron chi connectivity index (χ2n) is 6.02. The molecular formula is C23H20O6. The van der Waals surface area contributed by atoms with Crippen molar-refractivity contribution in [2.75, 3.05) is 21.3 Å². The molecule has 0 saturated carbocycles. The van der Waals surface area contributed by atoms with Crippen LogP contribution in [-0.2, 0) is 0 Å². The number of carbonyl (C=O) groups excluding carboxylic acids is 2. The van der Waals surface area contributed by atoms with E-state index in [1.807, 2.05) is 6.07 Å². The number of esters is 1. The van der Waals surface area contributed by atoms with Gasteiger partial charge in [-0.1, -0.05) is 30.3 Å². The van der Waals surface area contributed by atoms with Crippen molar-refractivity contribution in [3.8, 4) is 23.0 Å². The van der Waals surface area contributed by atoms with Crippen LogP contribution in [0.5, 0.6) is 23.0 Å². The third-order valence-corrected chi connectivity index (χ3v) is 4.29. The minimum atomic E-state index is -0.620. The van der Waals surface area contributed by atoms with E-state index in [1.165, 1.54) is 27.4 Å². The van der Waals surface area contributed by atoms with Gasteiger partial charge >= 0.3 is 5.97 Å². The molecule has 0 atom stereocenters. The highest BCUT2D eigenvalue weighted by molar-refractivity contribution is 6.09. The molecule has 0 bridgehead atoms. The van der Waals surface area contributed by atoms with Crippen LogP contribution in [0.1, 0.15) is 26.3 Å². The van der Waals surface area contributed by atoms with E-state index in [4.69, 9.17) is 18.9 Å². The van der Waals surface area contributed by atoms with Crippen molar-refractivity contribution in [2.45, 2.75) is 0 Å². The lowest BCUT2D eigenvalue weighted by Gasteiger charge is -2.13. The first-order valence-corrected chi connectivity index (χ1v) is 8.79. The molecule has 148 valence electrons. The molecule has 0 aliphatic carbocycles. The highest BCUT2D eigenvalue weighted by atomic mass is 16.5. The maximum atomic E-state index is 12.6. The molecule has 3 aromatic carbocycles. The number of benzene rings is 3. The van der Waals surface area contributed by atoms with Gasteiger partial charge in [-0.2, -0.15) is 0 Å². The van der Waals surface area contributed by atoms with E-state index in [-0.39, 0.29) is 11.3 Å². The molecule has 0 aromatic heterocycles. The highest BCUT2D eigenvalue weighted by Crippen LogP contribution is 2.35. The van der Waals surface area contributed by atoms with Crippen LogP contribution in [0.15, 0.2) is 66.7 Å². The van der Waals surface area contributed by atoms with Crippen molar-refractivity contribution < 1.29 is 28.5 Å². The van der Waals surface area contributed by atoms with Gasteiger partial charge in [-0.05, 0) is 24.3 Å². The van der Waals surface area contributed by atoms with Gasteiger partial charge in [-0.15, -0.1) is 0 Å². The Morgan fingerprint density at radius 2 is 1.21 bits per heavy atom. The topological polar surface area (TPSA) is 71.1 Å². The van der Waals surface area contributed by atoms with Crippen LogP contribution >= 0.6 is 0 Å². The van der Waals surface area contributed by atoms with Gasteiger partial charge < -0.3 is 18.9 Å². The monoisotopic (exact) mass is 392 g/mol. The molecule has 0 unspecified atom stereocenters. The number of methoxy groups -OCH3 is 3. The number of hydrogen-bond donors (Lipinski definition) is 0. The lowest BCUT2D eigenvalue weighted by molar-refractivity contribution is 0.0730. The van der Waals surface area contributed by atoms with Gasteiger partial charge in [0.2, 0.25) is 0 Å². The van der Waals surface area contributed by atoms with Crippen molar-refractivity contribution in [1.29, 1.82) is 0 Å². The third kappa shape index (κ3) is 4.38. The molecule has 29 heavy (non-hydrogen) atoms. The molecule has 0 aliphatic heterocycles. The van der Waals surface area contributed by atoms with Gasteiger partial charge in [0.15, 0.2) is 17.3 Å². The second-order valence-corrected chi connectivity index (χ2v) is 6.02. The molecule has 0 fully saturated rings. The molecule has 0 heterocycles. The smallest absolute Gasteiger partial charge is 0.347 e. The Kier molecular flexibility index (Phi) is 6.14. The predicted molar refractivity (Wildman–Crippen MR) is 107 cm³/mol. The van der Waals surface area contributed by atoms with E-state index in [2.05, 4.69) is 0 Å². The van der Waals surface area contributed by atoms with Crippen molar-refractivity contribution in [1.82, 2.24) is 0 Å². The first-order chi connectivity index (χ1) is 14.1. The molecule has 6 nitrogen and oxygen atoms in total. The molecule has 0 spiro atoms. The first-order valence-electron chi connectivity index (χ1n) is 8.79. The molecule has 0 amide bonds. The van der Waals surface area contributed by atoms with Crippen LogP contribution < -0.4 is 18.9 Å². The highest BCUT2D eigenvalue weighted by Gasteiger charge is 2.20. The fourth-order valence-corrected chi connectivity index (χ4v) is 2.78. The molecule has 0 aliphatic rings. The van der Waals surface area contributed by atoms with Gasteiger partial charge in [-0.3, -0.25) is 4.79 Å². The largest absolute Gasteiger partial charge is 0.496 e. The first kappa shape index (κ1) is 19.9. The van der Waals surface area contributed by atoms with Crippen molar-refractivity contribution in [3.05, 3.63) is 83.4 Å². The van der Waals surface area contributed by atoms with Crippen molar-refractivity contribution in [3.63, 3.8) is 0 Å². The summed E-state index contributed by atoms with van der Waals surface area (Å²) in [6, 6.07) is 18.4. The summed E-state index contributed by atoms with van der Waals surface area (Å²) in [5, 5.41) is 0. The van der Waals surface area contributed by atoms with Gasteiger partial charge in [0.25, 0.3) is 0 Å². The molecule has 0 saturated heterocycles. The summed E-state index contributed by atoms with van der Waals surface area (Å²) in [5.41, 5.74) is 1.28. The minimum absolute atomic E-state index is 0.106. The van der Waals surface area contributed by atoms with Gasteiger partial charge in [-0.25, -0.2) is 4.79 Å². The Labute approximate surface area is 168 Å². The zero-order valence-corrected chi connectivity index (χ0v) is 16.3. The van der Waals surface area contributed by atoms with Gasteiger partial charge in [0.05, 0.1) is 21.3 Å². The van der Waals surface area contributed by atoms with Crippen molar-refractivity contribution >= 4 is 11.8 Å². The fraction of sp³-hybridized carbons (Fsp3) is 0.130. The predicted octanol–water partition coefficient (Wildman–Crippen LogP) is 4.16. The van der Waals surface area contributed by atoms with E-state index in [1.54, 1.807) is 54.6 Å². The van der Waals surface area contributed by atoms with E-state index in [0.717, 1.165) is 0 Å². The molecule has 0 radical (unpaired) electrons. The molecule has 6 heteroatoms. The summed E-state index contributed by atoms with van der Waals surface area (Å²) in [6.07, 6.45) is 0. The maximum absolute atomic E-state index is 12.6. The summed E-state index contributed by atoms with van der Waals surface area (Å²) in [7, 11) is 4.41. The van der Waals surface area contributed by atoms with Crippen LogP contribution in [0, 0.1) is 0 Å². The average molecular weight is 392 g/mol. The normalized spacial score (nSPS) is 10.2. The standard InChI is InChI=1S/C23H20O6/c1-26-19-14-21(28-3)20(27-2)13-18(19)23(25)29-17-11-9-16(10-12-17)22(24)15-7-5-4-6-8-15/h4-14H,1-3H3. The van der Waals surface area contributed by atoms with Crippen molar-refractivity contribution in [2.24, 2.45) is 0 Å². The summed E-state index contributed by atoms with van der Waals surface area (Å²) in [4.78, 5) is 25.1. The van der Waals surface area contributed by atoms with E-state index < -0.39 is 5.97 Å². The van der Waals surface area contributed by atoms with Gasteiger partial charge in [0, 0.05) is 23.3 Å². The Morgan fingerprint density at radius 3 is 1.79 bits per heavy atom. The molecule has 0 N–H and O–H groups in total. The lowest BCUT2D eigenvalue weighted by atomic mass is 10.0. The number of rotatable bonds is 7. The summed E-state index contributed by atoms with van der Waals surface area (Å²) in [6.45, 7) is 0. The second kappa shape index (κ2) is 8.93. The Bertz CT molecular complexity index is 1010. The molecule has 3 aromatic rings. The Balaban J connectivity index is 1.80. The zero-order chi connectivity index (χ0) is 20.8. The van der Waals surface area contributed by atoms with Crippen LogP contribution in [0.4, 0.5) is 0 Å². The van der Waals surface area contributed by atoms with Crippen LogP contribution in [0.2, 0.25) is 0 Å². The number of carbonyl (C=O) groups is 2.